The average molecular weight is 322 g/mol. The number of aromatic nitrogens is 1. The molecule has 0 aliphatic heterocycles. The molecule has 3 rings (SSSR count). The summed E-state index contributed by atoms with van der Waals surface area (Å²) in [6.45, 7) is 6.57. The second-order valence-corrected chi connectivity index (χ2v) is 6.26. The molecule has 2 aromatic heterocycles. The van der Waals surface area contributed by atoms with Crippen LogP contribution in [-0.4, -0.2) is 22.8 Å². The van der Waals surface area contributed by atoms with Crippen molar-refractivity contribution >= 4 is 5.91 Å². The van der Waals surface area contributed by atoms with Gasteiger partial charge in [0.15, 0.2) is 0 Å². The third-order valence-corrected chi connectivity index (χ3v) is 4.38. The Kier molecular flexibility index (Phi) is 4.30. The Hall–Kier alpha value is -2.75. The maximum Gasteiger partial charge on any atom is 0.255 e. The fourth-order valence-corrected chi connectivity index (χ4v) is 2.76. The molecule has 1 aromatic carbocycles. The van der Waals surface area contributed by atoms with Crippen molar-refractivity contribution in [3.05, 3.63) is 70.8 Å². The summed E-state index contributed by atoms with van der Waals surface area (Å²) in [5, 5.41) is 0. The number of nitrogens with one attached hydrogen (secondary N) is 1. The molecule has 0 unspecified atom stereocenters. The molecular formula is C20H22N2O2. The average Bonchev–Trinajstić information content (AvgIpc) is 3.19. The fraction of sp³-hybridized carbons (Fsp3) is 0.250. The molecule has 0 bridgehead atoms. The quantitative estimate of drug-likeness (QED) is 0.770. The minimum absolute atomic E-state index is 0.0183. The highest BCUT2D eigenvalue weighted by Gasteiger charge is 2.18. The zero-order chi connectivity index (χ0) is 17.3. The van der Waals surface area contributed by atoms with Crippen LogP contribution in [0, 0.1) is 20.8 Å². The van der Waals surface area contributed by atoms with Gasteiger partial charge in [-0.15, -0.1) is 0 Å². The number of H-pyrrole nitrogens is 1. The normalized spacial score (nSPS) is 10.8. The smallest absolute Gasteiger partial charge is 0.255 e. The number of aryl methyl sites for hydroxylation is 3. The molecule has 1 amide bonds. The van der Waals surface area contributed by atoms with Gasteiger partial charge in [-0.05, 0) is 61.7 Å². The molecule has 24 heavy (non-hydrogen) atoms. The maximum absolute atomic E-state index is 12.7. The lowest BCUT2D eigenvalue weighted by Gasteiger charge is -2.15. The van der Waals surface area contributed by atoms with Gasteiger partial charge in [0.25, 0.3) is 5.91 Å². The standard InChI is InChI=1S/C20H22N2O2/c1-13-7-8-16(10-14(13)2)19-11-18(15(3)21-19)20(23)22(4)12-17-6-5-9-24-17/h5-11,21H,12H2,1-4H3. The predicted octanol–water partition coefficient (Wildman–Crippen LogP) is 4.47. The van der Waals surface area contributed by atoms with Crippen LogP contribution in [0.4, 0.5) is 0 Å². The number of furan rings is 1. The van der Waals surface area contributed by atoms with Gasteiger partial charge in [0.2, 0.25) is 0 Å². The number of hydrogen-bond acceptors (Lipinski definition) is 2. The minimum atomic E-state index is -0.0183. The summed E-state index contributed by atoms with van der Waals surface area (Å²) in [4.78, 5) is 17.7. The van der Waals surface area contributed by atoms with Crippen LogP contribution in [0.3, 0.4) is 0 Å². The summed E-state index contributed by atoms with van der Waals surface area (Å²) in [7, 11) is 1.78. The third-order valence-electron chi connectivity index (χ3n) is 4.38. The summed E-state index contributed by atoms with van der Waals surface area (Å²) in [5.41, 5.74) is 6.12. The molecular weight excluding hydrogens is 300 g/mol. The van der Waals surface area contributed by atoms with Crippen molar-refractivity contribution in [1.82, 2.24) is 9.88 Å². The number of benzene rings is 1. The Morgan fingerprint density at radius 3 is 2.58 bits per heavy atom. The van der Waals surface area contributed by atoms with Crippen LogP contribution in [-0.2, 0) is 6.54 Å². The van der Waals surface area contributed by atoms with Crippen molar-refractivity contribution in [2.75, 3.05) is 7.05 Å². The molecule has 124 valence electrons. The van der Waals surface area contributed by atoms with Gasteiger partial charge in [-0.2, -0.15) is 0 Å². The Balaban J connectivity index is 1.85. The molecule has 0 aliphatic rings. The molecule has 0 saturated heterocycles. The zero-order valence-corrected chi connectivity index (χ0v) is 14.5. The van der Waals surface area contributed by atoms with Crippen LogP contribution >= 0.6 is 0 Å². The fourth-order valence-electron chi connectivity index (χ4n) is 2.76. The number of rotatable bonds is 4. The molecule has 4 nitrogen and oxygen atoms in total. The first-order valence-electron chi connectivity index (χ1n) is 8.01. The van der Waals surface area contributed by atoms with Crippen LogP contribution in [0.5, 0.6) is 0 Å². The summed E-state index contributed by atoms with van der Waals surface area (Å²) in [5.74, 6) is 0.753. The first-order chi connectivity index (χ1) is 11.5. The molecule has 0 aliphatic carbocycles. The number of carbonyl (C=O) groups excluding carboxylic acids is 1. The van der Waals surface area contributed by atoms with E-state index in [1.165, 1.54) is 11.1 Å². The van der Waals surface area contributed by atoms with E-state index in [0.29, 0.717) is 12.1 Å². The van der Waals surface area contributed by atoms with E-state index < -0.39 is 0 Å². The van der Waals surface area contributed by atoms with Crippen LogP contribution in [0.1, 0.15) is 32.9 Å². The van der Waals surface area contributed by atoms with Gasteiger partial charge in [0.1, 0.15) is 5.76 Å². The molecule has 0 radical (unpaired) electrons. The number of aromatic amines is 1. The molecule has 2 heterocycles. The van der Waals surface area contributed by atoms with Gasteiger partial charge in [-0.1, -0.05) is 12.1 Å². The Morgan fingerprint density at radius 2 is 1.92 bits per heavy atom. The predicted molar refractivity (Wildman–Crippen MR) is 94.9 cm³/mol. The van der Waals surface area contributed by atoms with E-state index in [9.17, 15) is 4.79 Å². The van der Waals surface area contributed by atoms with Crippen molar-refractivity contribution in [3.63, 3.8) is 0 Å². The van der Waals surface area contributed by atoms with E-state index in [2.05, 4.69) is 37.0 Å². The lowest BCUT2D eigenvalue weighted by molar-refractivity contribution is 0.0775. The second kappa shape index (κ2) is 6.40. The Labute approximate surface area is 142 Å². The van der Waals surface area contributed by atoms with Crippen molar-refractivity contribution in [3.8, 4) is 11.3 Å². The number of hydrogen-bond donors (Lipinski definition) is 1. The van der Waals surface area contributed by atoms with Crippen LogP contribution in [0.15, 0.2) is 47.1 Å². The monoisotopic (exact) mass is 322 g/mol. The van der Waals surface area contributed by atoms with Crippen molar-refractivity contribution in [2.24, 2.45) is 0 Å². The first kappa shape index (κ1) is 16.1. The van der Waals surface area contributed by atoms with E-state index in [1.54, 1.807) is 18.2 Å². The Bertz CT molecular complexity index is 860. The summed E-state index contributed by atoms with van der Waals surface area (Å²) in [6, 6.07) is 11.9. The van der Waals surface area contributed by atoms with Crippen molar-refractivity contribution in [1.29, 1.82) is 0 Å². The molecule has 4 heteroatoms. The van der Waals surface area contributed by atoms with Gasteiger partial charge in [0, 0.05) is 18.4 Å². The zero-order valence-electron chi connectivity index (χ0n) is 14.5. The molecule has 0 fully saturated rings. The summed E-state index contributed by atoms with van der Waals surface area (Å²) >= 11 is 0. The molecule has 0 spiro atoms. The van der Waals surface area contributed by atoms with Gasteiger partial charge in [-0.25, -0.2) is 0 Å². The Morgan fingerprint density at radius 1 is 1.12 bits per heavy atom. The maximum atomic E-state index is 12.7. The van der Waals surface area contributed by atoms with Crippen molar-refractivity contribution in [2.45, 2.75) is 27.3 Å². The van der Waals surface area contributed by atoms with Crippen LogP contribution < -0.4 is 0 Å². The minimum Gasteiger partial charge on any atom is -0.467 e. The third kappa shape index (κ3) is 3.13. The molecule has 1 N–H and O–H groups in total. The van der Waals surface area contributed by atoms with E-state index in [0.717, 1.165) is 22.7 Å². The highest BCUT2D eigenvalue weighted by Crippen LogP contribution is 2.25. The molecule has 0 atom stereocenters. The van der Waals surface area contributed by atoms with Gasteiger partial charge < -0.3 is 14.3 Å². The number of amides is 1. The molecule has 0 saturated carbocycles. The van der Waals surface area contributed by atoms with E-state index in [-0.39, 0.29) is 5.91 Å². The van der Waals surface area contributed by atoms with Gasteiger partial charge >= 0.3 is 0 Å². The number of nitrogens with zero attached hydrogens (tertiary/aromatic N) is 1. The van der Waals surface area contributed by atoms with Gasteiger partial charge in [0.05, 0.1) is 18.4 Å². The van der Waals surface area contributed by atoms with Gasteiger partial charge in [-0.3, -0.25) is 4.79 Å². The topological polar surface area (TPSA) is 49.2 Å². The van der Waals surface area contributed by atoms with E-state index in [4.69, 9.17) is 4.42 Å². The summed E-state index contributed by atoms with van der Waals surface area (Å²) in [6.07, 6.45) is 1.62. The first-order valence-corrected chi connectivity index (χ1v) is 8.01. The van der Waals surface area contributed by atoms with Crippen LogP contribution in [0.25, 0.3) is 11.3 Å². The number of carbonyl (C=O) groups is 1. The second-order valence-electron chi connectivity index (χ2n) is 6.26. The highest BCUT2D eigenvalue weighted by molar-refractivity contribution is 5.96. The lowest BCUT2D eigenvalue weighted by atomic mass is 10.0. The SMILES string of the molecule is Cc1ccc(-c2cc(C(=O)N(C)Cc3ccco3)c(C)[nH]2)cc1C. The van der Waals surface area contributed by atoms with E-state index >= 15 is 0 Å². The lowest BCUT2D eigenvalue weighted by Crippen LogP contribution is -2.26. The van der Waals surface area contributed by atoms with Crippen LogP contribution in [0.2, 0.25) is 0 Å². The largest absolute Gasteiger partial charge is 0.467 e. The van der Waals surface area contributed by atoms with E-state index in [1.807, 2.05) is 25.1 Å². The summed E-state index contributed by atoms with van der Waals surface area (Å²) < 4.78 is 5.32. The highest BCUT2D eigenvalue weighted by atomic mass is 16.3. The van der Waals surface area contributed by atoms with Crippen molar-refractivity contribution < 1.29 is 9.21 Å². The molecule has 3 aromatic rings.